The van der Waals surface area contributed by atoms with Gasteiger partial charge in [-0.15, -0.1) is 0 Å². The van der Waals surface area contributed by atoms with E-state index < -0.39 is 22.9 Å². The van der Waals surface area contributed by atoms with Gasteiger partial charge in [-0.2, -0.15) is 0 Å². The van der Waals surface area contributed by atoms with Gasteiger partial charge in [-0.25, -0.2) is 4.99 Å². The first kappa shape index (κ1) is 19.0. The summed E-state index contributed by atoms with van der Waals surface area (Å²) < 4.78 is 0. The molecule has 30 heavy (non-hydrogen) atoms. The molecule has 2 N–H and O–H groups in total. The van der Waals surface area contributed by atoms with Crippen LogP contribution in [-0.4, -0.2) is 28.6 Å². The first-order valence-corrected chi connectivity index (χ1v) is 9.12. The van der Waals surface area contributed by atoms with Gasteiger partial charge in [0.2, 0.25) is 6.17 Å². The highest BCUT2D eigenvalue weighted by atomic mass is 16.6. The number of non-ortho nitro benzene ring substituents is 1. The van der Waals surface area contributed by atoms with Crippen LogP contribution in [0.25, 0.3) is 0 Å². The number of carbonyl (C=O) groups is 2. The van der Waals surface area contributed by atoms with Gasteiger partial charge in [0.15, 0.2) is 0 Å². The zero-order chi connectivity index (χ0) is 21.1. The Morgan fingerprint density at radius 3 is 2.33 bits per heavy atom. The van der Waals surface area contributed by atoms with Crippen molar-refractivity contribution in [1.82, 2.24) is 5.32 Å². The molecule has 3 aromatic carbocycles. The molecule has 1 aliphatic heterocycles. The normalized spacial score (nSPS) is 15.3. The Kier molecular flexibility index (Phi) is 5.04. The first-order chi connectivity index (χ1) is 14.5. The van der Waals surface area contributed by atoms with Gasteiger partial charge in [-0.05, 0) is 18.2 Å². The first-order valence-electron chi connectivity index (χ1n) is 9.12. The minimum Gasteiger partial charge on any atom is -0.322 e. The van der Waals surface area contributed by atoms with E-state index in [9.17, 15) is 19.7 Å². The number of fused-ring (bicyclic) bond motifs is 1. The maximum atomic E-state index is 12.7. The van der Waals surface area contributed by atoms with E-state index in [1.165, 1.54) is 24.3 Å². The number of carbonyl (C=O) groups excluding carboxylic acids is 2. The van der Waals surface area contributed by atoms with Gasteiger partial charge < -0.3 is 10.6 Å². The second kappa shape index (κ2) is 7.96. The molecule has 0 bridgehead atoms. The third kappa shape index (κ3) is 3.79. The van der Waals surface area contributed by atoms with Crippen molar-refractivity contribution < 1.29 is 14.5 Å². The number of benzodiazepines with no additional fused rings is 1. The van der Waals surface area contributed by atoms with E-state index >= 15 is 0 Å². The summed E-state index contributed by atoms with van der Waals surface area (Å²) in [5.74, 6) is -1.05. The Balaban J connectivity index is 1.68. The average molecular weight is 400 g/mol. The van der Waals surface area contributed by atoms with Crippen molar-refractivity contribution in [2.45, 2.75) is 6.17 Å². The predicted octanol–water partition coefficient (Wildman–Crippen LogP) is 3.14. The summed E-state index contributed by atoms with van der Waals surface area (Å²) in [5, 5.41) is 16.2. The molecular weight excluding hydrogens is 384 g/mol. The van der Waals surface area contributed by atoms with Gasteiger partial charge in [0.1, 0.15) is 0 Å². The Morgan fingerprint density at radius 2 is 1.63 bits per heavy atom. The molecule has 148 valence electrons. The molecule has 0 spiro atoms. The Bertz CT molecular complexity index is 1160. The lowest BCUT2D eigenvalue weighted by Crippen LogP contribution is -2.42. The van der Waals surface area contributed by atoms with Crippen LogP contribution in [0.15, 0.2) is 83.9 Å². The zero-order valence-corrected chi connectivity index (χ0v) is 15.6. The van der Waals surface area contributed by atoms with Gasteiger partial charge in [0.25, 0.3) is 17.5 Å². The quantitative estimate of drug-likeness (QED) is 0.517. The summed E-state index contributed by atoms with van der Waals surface area (Å²) in [4.78, 5) is 40.2. The van der Waals surface area contributed by atoms with Crippen molar-refractivity contribution in [2.75, 3.05) is 5.32 Å². The lowest BCUT2D eigenvalue weighted by molar-refractivity contribution is -0.384. The van der Waals surface area contributed by atoms with E-state index in [0.29, 0.717) is 11.4 Å². The highest BCUT2D eigenvalue weighted by Crippen LogP contribution is 2.23. The van der Waals surface area contributed by atoms with E-state index in [1.54, 1.807) is 12.1 Å². The zero-order valence-electron chi connectivity index (χ0n) is 15.6. The van der Waals surface area contributed by atoms with Crippen molar-refractivity contribution >= 4 is 28.9 Å². The molecule has 2 amide bonds. The number of nitro benzene ring substituents is 1. The number of nitrogens with one attached hydrogen (secondary N) is 2. The van der Waals surface area contributed by atoms with Crippen molar-refractivity contribution in [1.29, 1.82) is 0 Å². The molecule has 3 aromatic rings. The molecule has 0 aromatic heterocycles. The highest BCUT2D eigenvalue weighted by molar-refractivity contribution is 6.20. The van der Waals surface area contributed by atoms with Crippen LogP contribution < -0.4 is 10.6 Å². The molecule has 0 fully saturated rings. The SMILES string of the molecule is O=C(NC1N=C(c2ccccc2)c2ccccc2NC1=O)c1ccc([N+](=O)[O-])cc1. The van der Waals surface area contributed by atoms with E-state index in [4.69, 9.17) is 0 Å². The predicted molar refractivity (Wildman–Crippen MR) is 112 cm³/mol. The van der Waals surface area contributed by atoms with E-state index in [0.717, 1.165) is 11.1 Å². The van der Waals surface area contributed by atoms with Gasteiger partial charge in [-0.3, -0.25) is 19.7 Å². The average Bonchev–Trinajstić information content (AvgIpc) is 2.91. The summed E-state index contributed by atoms with van der Waals surface area (Å²) in [7, 11) is 0. The maximum Gasteiger partial charge on any atom is 0.269 e. The van der Waals surface area contributed by atoms with Gasteiger partial charge in [-0.1, -0.05) is 48.5 Å². The van der Waals surface area contributed by atoms with Gasteiger partial charge in [0, 0.05) is 28.8 Å². The number of nitrogens with zero attached hydrogens (tertiary/aromatic N) is 2. The minimum absolute atomic E-state index is 0.126. The van der Waals surface area contributed by atoms with Crippen LogP contribution in [0.4, 0.5) is 11.4 Å². The fraction of sp³-hybridized carbons (Fsp3) is 0.0455. The van der Waals surface area contributed by atoms with Crippen LogP contribution >= 0.6 is 0 Å². The second-order valence-corrected chi connectivity index (χ2v) is 6.56. The van der Waals surface area contributed by atoms with Crippen molar-refractivity contribution in [3.63, 3.8) is 0 Å². The number of nitro groups is 1. The van der Waals surface area contributed by atoms with Crippen LogP contribution in [0.5, 0.6) is 0 Å². The molecule has 0 aliphatic carbocycles. The second-order valence-electron chi connectivity index (χ2n) is 6.56. The van der Waals surface area contributed by atoms with Crippen LogP contribution in [0.1, 0.15) is 21.5 Å². The highest BCUT2D eigenvalue weighted by Gasteiger charge is 2.27. The van der Waals surface area contributed by atoms with Gasteiger partial charge >= 0.3 is 0 Å². The van der Waals surface area contributed by atoms with Crippen LogP contribution in [0.3, 0.4) is 0 Å². The number of hydrogen-bond donors (Lipinski definition) is 2. The number of hydrogen-bond acceptors (Lipinski definition) is 5. The molecule has 8 nitrogen and oxygen atoms in total. The Morgan fingerprint density at radius 1 is 0.967 bits per heavy atom. The molecule has 0 radical (unpaired) electrons. The van der Waals surface area contributed by atoms with E-state index in [1.807, 2.05) is 42.5 Å². The smallest absolute Gasteiger partial charge is 0.269 e. The number of aliphatic imine (C=N–C) groups is 1. The fourth-order valence-corrected chi connectivity index (χ4v) is 3.12. The molecule has 0 saturated heterocycles. The lowest BCUT2D eigenvalue weighted by Gasteiger charge is -2.13. The molecule has 1 aliphatic rings. The molecule has 4 rings (SSSR count). The molecular formula is C22H16N4O4. The van der Waals surface area contributed by atoms with Crippen LogP contribution in [0.2, 0.25) is 0 Å². The lowest BCUT2D eigenvalue weighted by atomic mass is 10.0. The van der Waals surface area contributed by atoms with E-state index in [-0.39, 0.29) is 11.3 Å². The number of rotatable bonds is 4. The summed E-state index contributed by atoms with van der Waals surface area (Å²) in [5.41, 5.74) is 2.76. The third-order valence-corrected chi connectivity index (χ3v) is 4.60. The Labute approximate surface area is 171 Å². The standard InChI is InChI=1S/C22H16N4O4/c27-21(15-10-12-16(13-11-15)26(29)30)25-20-22(28)23-18-9-5-4-8-17(18)19(24-20)14-6-2-1-3-7-14/h1-13,20H,(H,23,28)(H,25,27). The van der Waals surface area contributed by atoms with Gasteiger partial charge in [0.05, 0.1) is 16.3 Å². The number of anilines is 1. The van der Waals surface area contributed by atoms with Crippen LogP contribution in [0, 0.1) is 10.1 Å². The summed E-state index contributed by atoms with van der Waals surface area (Å²) in [6.07, 6.45) is -1.17. The summed E-state index contributed by atoms with van der Waals surface area (Å²) in [6.45, 7) is 0. The number of para-hydroxylation sites is 1. The number of benzene rings is 3. The largest absolute Gasteiger partial charge is 0.322 e. The fourth-order valence-electron chi connectivity index (χ4n) is 3.12. The molecule has 0 saturated carbocycles. The van der Waals surface area contributed by atoms with Crippen molar-refractivity contribution in [2.24, 2.45) is 4.99 Å². The maximum absolute atomic E-state index is 12.7. The third-order valence-electron chi connectivity index (χ3n) is 4.60. The Hall–Kier alpha value is -4.33. The monoisotopic (exact) mass is 400 g/mol. The molecule has 1 unspecified atom stereocenters. The summed E-state index contributed by atoms with van der Waals surface area (Å²) in [6, 6.07) is 21.8. The minimum atomic E-state index is -1.17. The molecule has 8 heteroatoms. The van der Waals surface area contributed by atoms with Crippen molar-refractivity contribution in [3.05, 3.63) is 106 Å². The topological polar surface area (TPSA) is 114 Å². The van der Waals surface area contributed by atoms with Crippen molar-refractivity contribution in [3.8, 4) is 0 Å². The van der Waals surface area contributed by atoms with E-state index in [2.05, 4.69) is 15.6 Å². The summed E-state index contributed by atoms with van der Waals surface area (Å²) >= 11 is 0. The van der Waals surface area contributed by atoms with Crippen LogP contribution in [-0.2, 0) is 4.79 Å². The molecule has 1 atom stereocenters. The molecule has 1 heterocycles. The number of amides is 2.